The van der Waals surface area contributed by atoms with E-state index in [0.29, 0.717) is 5.92 Å². The van der Waals surface area contributed by atoms with Gasteiger partial charge in [-0.1, -0.05) is 46.0 Å². The van der Waals surface area contributed by atoms with Crippen LogP contribution in [0, 0.1) is 5.92 Å². The van der Waals surface area contributed by atoms with Crippen molar-refractivity contribution in [3.8, 4) is 0 Å². The normalized spacial score (nSPS) is 24.0. The number of ether oxygens (including phenoxy) is 1. The van der Waals surface area contributed by atoms with Crippen molar-refractivity contribution in [1.82, 2.24) is 0 Å². The quantitative estimate of drug-likeness (QED) is 0.716. The molecule has 2 nitrogen and oxygen atoms in total. The summed E-state index contributed by atoms with van der Waals surface area (Å²) in [6.45, 7) is 7.43. The Hall–Kier alpha value is -0.0800. The zero-order valence-corrected chi connectivity index (χ0v) is 12.0. The van der Waals surface area contributed by atoms with Gasteiger partial charge in [0.15, 0.2) is 0 Å². The summed E-state index contributed by atoms with van der Waals surface area (Å²) in [4.78, 5) is 0. The first kappa shape index (κ1) is 15.0. The standard InChI is InChI=1S/C15H31NO/c1-4-10-13(3)14(16)15(17-5-2)11-8-6-7-9-12-15/h13-14H,4-12,16H2,1-3H3. The van der Waals surface area contributed by atoms with Crippen LogP contribution in [0.25, 0.3) is 0 Å². The molecule has 1 rings (SSSR count). The van der Waals surface area contributed by atoms with Crippen molar-refractivity contribution in [3.63, 3.8) is 0 Å². The second-order valence-electron chi connectivity index (χ2n) is 5.70. The maximum atomic E-state index is 6.54. The highest BCUT2D eigenvalue weighted by atomic mass is 16.5. The first-order valence-electron chi connectivity index (χ1n) is 7.56. The zero-order chi connectivity index (χ0) is 12.7. The molecular formula is C15H31NO. The van der Waals surface area contributed by atoms with Gasteiger partial charge >= 0.3 is 0 Å². The van der Waals surface area contributed by atoms with E-state index < -0.39 is 0 Å². The second-order valence-corrected chi connectivity index (χ2v) is 5.70. The lowest BCUT2D eigenvalue weighted by atomic mass is 9.79. The predicted molar refractivity (Wildman–Crippen MR) is 74.1 cm³/mol. The Bertz CT molecular complexity index is 197. The molecule has 1 aliphatic rings. The Balaban J connectivity index is 2.73. The summed E-state index contributed by atoms with van der Waals surface area (Å²) in [6, 6.07) is 0.209. The van der Waals surface area contributed by atoms with Crippen LogP contribution in [0.3, 0.4) is 0 Å². The molecule has 2 N–H and O–H groups in total. The van der Waals surface area contributed by atoms with Crippen molar-refractivity contribution in [2.45, 2.75) is 83.8 Å². The molecule has 1 saturated carbocycles. The Morgan fingerprint density at radius 1 is 1.12 bits per heavy atom. The van der Waals surface area contributed by atoms with Crippen LogP contribution in [0.1, 0.15) is 72.1 Å². The molecule has 0 spiro atoms. The Morgan fingerprint density at radius 3 is 2.18 bits per heavy atom. The van der Waals surface area contributed by atoms with Crippen molar-refractivity contribution >= 4 is 0 Å². The molecule has 17 heavy (non-hydrogen) atoms. The van der Waals surface area contributed by atoms with Crippen molar-refractivity contribution in [1.29, 1.82) is 0 Å². The third-order valence-electron chi connectivity index (χ3n) is 4.35. The summed E-state index contributed by atoms with van der Waals surface area (Å²) in [5, 5.41) is 0. The fourth-order valence-electron chi connectivity index (χ4n) is 3.34. The molecule has 2 heteroatoms. The molecule has 0 radical (unpaired) electrons. The minimum atomic E-state index is -0.0279. The number of hydrogen-bond acceptors (Lipinski definition) is 2. The topological polar surface area (TPSA) is 35.2 Å². The third-order valence-corrected chi connectivity index (χ3v) is 4.35. The van der Waals surface area contributed by atoms with Gasteiger partial charge in [-0.05, 0) is 32.1 Å². The fourth-order valence-corrected chi connectivity index (χ4v) is 3.34. The van der Waals surface area contributed by atoms with Crippen LogP contribution in [-0.2, 0) is 4.74 Å². The minimum absolute atomic E-state index is 0.0279. The maximum absolute atomic E-state index is 6.54. The van der Waals surface area contributed by atoms with Crippen molar-refractivity contribution in [2.24, 2.45) is 11.7 Å². The molecule has 0 aromatic rings. The SMILES string of the molecule is CCCC(C)C(N)C1(OCC)CCCCCC1. The first-order valence-corrected chi connectivity index (χ1v) is 7.56. The lowest BCUT2D eigenvalue weighted by molar-refractivity contribution is -0.0797. The van der Waals surface area contributed by atoms with E-state index in [9.17, 15) is 0 Å². The van der Waals surface area contributed by atoms with E-state index in [1.807, 2.05) is 0 Å². The van der Waals surface area contributed by atoms with Crippen LogP contribution in [0.5, 0.6) is 0 Å². The Labute approximate surface area is 107 Å². The average molecular weight is 241 g/mol. The maximum Gasteiger partial charge on any atom is 0.0835 e. The highest BCUT2D eigenvalue weighted by Gasteiger charge is 2.39. The van der Waals surface area contributed by atoms with Crippen LogP contribution in [-0.4, -0.2) is 18.2 Å². The lowest BCUT2D eigenvalue weighted by Crippen LogP contribution is -2.53. The van der Waals surface area contributed by atoms with E-state index >= 15 is 0 Å². The van der Waals surface area contributed by atoms with Gasteiger partial charge < -0.3 is 10.5 Å². The van der Waals surface area contributed by atoms with E-state index in [0.717, 1.165) is 19.4 Å². The van der Waals surface area contributed by atoms with Crippen LogP contribution in [0.15, 0.2) is 0 Å². The van der Waals surface area contributed by atoms with Gasteiger partial charge in [-0.25, -0.2) is 0 Å². The third kappa shape index (κ3) is 3.96. The van der Waals surface area contributed by atoms with Crippen molar-refractivity contribution in [2.75, 3.05) is 6.61 Å². The fraction of sp³-hybridized carbons (Fsp3) is 1.00. The van der Waals surface area contributed by atoms with Gasteiger partial charge in [0.2, 0.25) is 0 Å². The first-order chi connectivity index (χ1) is 8.16. The van der Waals surface area contributed by atoms with Gasteiger partial charge in [0.25, 0.3) is 0 Å². The van der Waals surface area contributed by atoms with Gasteiger partial charge in [0.05, 0.1) is 5.60 Å². The van der Waals surface area contributed by atoms with Crippen LogP contribution in [0.4, 0.5) is 0 Å². The van der Waals surface area contributed by atoms with E-state index in [1.54, 1.807) is 0 Å². The van der Waals surface area contributed by atoms with Crippen LogP contribution >= 0.6 is 0 Å². The number of hydrogen-bond donors (Lipinski definition) is 1. The molecule has 102 valence electrons. The second kappa shape index (κ2) is 7.38. The van der Waals surface area contributed by atoms with E-state index in [-0.39, 0.29) is 11.6 Å². The molecule has 0 amide bonds. The Kier molecular flexibility index (Phi) is 6.50. The molecule has 0 heterocycles. The van der Waals surface area contributed by atoms with E-state index in [1.165, 1.54) is 38.5 Å². The van der Waals surface area contributed by atoms with E-state index in [2.05, 4.69) is 20.8 Å². The highest BCUT2D eigenvalue weighted by Crippen LogP contribution is 2.36. The molecule has 0 aliphatic heterocycles. The molecule has 0 aromatic heterocycles. The molecular weight excluding hydrogens is 210 g/mol. The smallest absolute Gasteiger partial charge is 0.0835 e. The molecule has 1 fully saturated rings. The number of rotatable bonds is 6. The zero-order valence-electron chi connectivity index (χ0n) is 12.0. The van der Waals surface area contributed by atoms with Crippen molar-refractivity contribution in [3.05, 3.63) is 0 Å². The van der Waals surface area contributed by atoms with Crippen LogP contribution in [0.2, 0.25) is 0 Å². The van der Waals surface area contributed by atoms with Crippen molar-refractivity contribution < 1.29 is 4.74 Å². The summed E-state index contributed by atoms with van der Waals surface area (Å²) in [5.41, 5.74) is 6.52. The molecule has 2 atom stereocenters. The van der Waals surface area contributed by atoms with Crippen LogP contribution < -0.4 is 5.73 Å². The Morgan fingerprint density at radius 2 is 1.71 bits per heavy atom. The summed E-state index contributed by atoms with van der Waals surface area (Å²) < 4.78 is 6.15. The summed E-state index contributed by atoms with van der Waals surface area (Å²) >= 11 is 0. The lowest BCUT2D eigenvalue weighted by Gasteiger charge is -2.41. The molecule has 2 unspecified atom stereocenters. The monoisotopic (exact) mass is 241 g/mol. The minimum Gasteiger partial charge on any atom is -0.374 e. The average Bonchev–Trinajstić information content (AvgIpc) is 2.55. The summed E-state index contributed by atoms with van der Waals surface area (Å²) in [5.74, 6) is 0.574. The predicted octanol–water partition coefficient (Wildman–Crippen LogP) is 3.88. The largest absolute Gasteiger partial charge is 0.374 e. The number of nitrogens with two attached hydrogens (primary N) is 1. The van der Waals surface area contributed by atoms with Gasteiger partial charge in [-0.2, -0.15) is 0 Å². The molecule has 1 aliphatic carbocycles. The summed E-state index contributed by atoms with van der Waals surface area (Å²) in [6.07, 6.45) is 10.0. The molecule has 0 aromatic carbocycles. The van der Waals surface area contributed by atoms with Gasteiger partial charge in [0.1, 0.15) is 0 Å². The molecule has 0 bridgehead atoms. The van der Waals surface area contributed by atoms with E-state index in [4.69, 9.17) is 10.5 Å². The molecule has 0 saturated heterocycles. The highest BCUT2D eigenvalue weighted by molar-refractivity contribution is 4.95. The van der Waals surface area contributed by atoms with Gasteiger partial charge in [-0.3, -0.25) is 0 Å². The summed E-state index contributed by atoms with van der Waals surface area (Å²) in [7, 11) is 0. The van der Waals surface area contributed by atoms with Gasteiger partial charge in [0, 0.05) is 12.6 Å². The van der Waals surface area contributed by atoms with Gasteiger partial charge in [-0.15, -0.1) is 0 Å².